The van der Waals surface area contributed by atoms with Crippen molar-refractivity contribution in [2.24, 2.45) is 0 Å². The van der Waals surface area contributed by atoms with E-state index in [4.69, 9.17) is 10.5 Å². The normalized spacial score (nSPS) is 10.7. The molecule has 1 aromatic carbocycles. The number of hydrogen-bond acceptors (Lipinski definition) is 6. The topological polar surface area (TPSA) is 91.7 Å². The van der Waals surface area contributed by atoms with E-state index in [9.17, 15) is 0 Å². The molecule has 0 bridgehead atoms. The smallest absolute Gasteiger partial charge is 0.132 e. The van der Waals surface area contributed by atoms with Crippen LogP contribution in [0.1, 0.15) is 11.3 Å². The van der Waals surface area contributed by atoms with E-state index in [0.29, 0.717) is 24.7 Å². The number of nitrogens with two attached hydrogens (primary N) is 1. The van der Waals surface area contributed by atoms with Crippen LogP contribution in [0.15, 0.2) is 73.2 Å². The highest BCUT2D eigenvalue weighted by Crippen LogP contribution is 2.21. The van der Waals surface area contributed by atoms with Crippen molar-refractivity contribution in [3.8, 4) is 17.0 Å². The van der Waals surface area contributed by atoms with Crippen molar-refractivity contribution in [2.45, 2.75) is 13.2 Å². The molecule has 0 saturated carbocycles. The molecule has 0 atom stereocenters. The number of hydrogen-bond donors (Lipinski definition) is 1. The van der Waals surface area contributed by atoms with Gasteiger partial charge in [0, 0.05) is 23.5 Å². The molecule has 4 aromatic rings. The fourth-order valence-electron chi connectivity index (χ4n) is 2.62. The van der Waals surface area contributed by atoms with E-state index < -0.39 is 0 Å². The largest absolute Gasteiger partial charge is 0.489 e. The molecule has 0 amide bonds. The SMILES string of the molecule is Nc1ncccc1-c1cn(Cc2ccc(COc3ccccc3)cn2)nn1. The van der Waals surface area contributed by atoms with Crippen LogP contribution in [0.5, 0.6) is 5.75 Å². The van der Waals surface area contributed by atoms with E-state index in [1.807, 2.05) is 67.0 Å². The third kappa shape index (κ3) is 4.09. The quantitative estimate of drug-likeness (QED) is 0.570. The molecule has 7 heteroatoms. The molecule has 0 spiro atoms. The molecular weight excluding hydrogens is 340 g/mol. The first-order chi connectivity index (χ1) is 13.3. The molecule has 134 valence electrons. The molecule has 7 nitrogen and oxygen atoms in total. The Morgan fingerprint density at radius 2 is 1.85 bits per heavy atom. The van der Waals surface area contributed by atoms with E-state index in [0.717, 1.165) is 22.6 Å². The summed E-state index contributed by atoms with van der Waals surface area (Å²) in [4.78, 5) is 8.55. The van der Waals surface area contributed by atoms with Crippen LogP contribution in [0.3, 0.4) is 0 Å². The summed E-state index contributed by atoms with van der Waals surface area (Å²) in [6, 6.07) is 17.4. The summed E-state index contributed by atoms with van der Waals surface area (Å²) in [5.41, 5.74) is 9.23. The molecular formula is C20H18N6O. The maximum Gasteiger partial charge on any atom is 0.132 e. The molecule has 0 fully saturated rings. The highest BCUT2D eigenvalue weighted by Gasteiger charge is 2.08. The Balaban J connectivity index is 1.39. The first-order valence-corrected chi connectivity index (χ1v) is 8.50. The number of rotatable bonds is 6. The standard InChI is InChI=1S/C20H18N6O/c21-20-18(7-4-10-22-20)19-13-26(25-24-19)12-16-9-8-15(11-23-16)14-27-17-5-2-1-3-6-17/h1-11,13H,12,14H2,(H2,21,22). The molecule has 4 rings (SSSR count). The predicted molar refractivity (Wildman–Crippen MR) is 102 cm³/mol. The maximum atomic E-state index is 5.89. The van der Waals surface area contributed by atoms with Crippen LogP contribution in [0, 0.1) is 0 Å². The van der Waals surface area contributed by atoms with Crippen LogP contribution in [0.4, 0.5) is 5.82 Å². The van der Waals surface area contributed by atoms with Gasteiger partial charge in [0.25, 0.3) is 0 Å². The van der Waals surface area contributed by atoms with Crippen molar-refractivity contribution in [3.63, 3.8) is 0 Å². The van der Waals surface area contributed by atoms with Gasteiger partial charge in [-0.2, -0.15) is 0 Å². The summed E-state index contributed by atoms with van der Waals surface area (Å²) in [5, 5.41) is 8.32. The van der Waals surface area contributed by atoms with Gasteiger partial charge in [0.15, 0.2) is 0 Å². The Labute approximate surface area is 156 Å². The molecule has 0 aliphatic heterocycles. The van der Waals surface area contributed by atoms with Crippen molar-refractivity contribution >= 4 is 5.82 Å². The Kier molecular flexibility index (Phi) is 4.74. The van der Waals surface area contributed by atoms with E-state index in [2.05, 4.69) is 20.3 Å². The van der Waals surface area contributed by atoms with Gasteiger partial charge in [0.1, 0.15) is 23.9 Å². The van der Waals surface area contributed by atoms with E-state index in [-0.39, 0.29) is 0 Å². The predicted octanol–water partition coefficient (Wildman–Crippen LogP) is 2.94. The summed E-state index contributed by atoms with van der Waals surface area (Å²) in [7, 11) is 0. The zero-order valence-corrected chi connectivity index (χ0v) is 14.6. The molecule has 0 aliphatic rings. The van der Waals surface area contributed by atoms with Crippen molar-refractivity contribution in [1.82, 2.24) is 25.0 Å². The van der Waals surface area contributed by atoms with Crippen molar-refractivity contribution < 1.29 is 4.74 Å². The average Bonchev–Trinajstić information content (AvgIpc) is 3.17. The summed E-state index contributed by atoms with van der Waals surface area (Å²) < 4.78 is 7.45. The lowest BCUT2D eigenvalue weighted by Crippen LogP contribution is -2.03. The lowest BCUT2D eigenvalue weighted by Gasteiger charge is -2.06. The fourth-order valence-corrected chi connectivity index (χ4v) is 2.62. The van der Waals surface area contributed by atoms with Crippen molar-refractivity contribution in [3.05, 3.63) is 84.4 Å². The Bertz CT molecular complexity index is 1010. The van der Waals surface area contributed by atoms with E-state index >= 15 is 0 Å². The number of para-hydroxylation sites is 1. The summed E-state index contributed by atoms with van der Waals surface area (Å²) in [6.45, 7) is 0.998. The van der Waals surface area contributed by atoms with Gasteiger partial charge in [-0.25, -0.2) is 9.67 Å². The van der Waals surface area contributed by atoms with Crippen LogP contribution in [0.2, 0.25) is 0 Å². The van der Waals surface area contributed by atoms with Gasteiger partial charge < -0.3 is 10.5 Å². The number of ether oxygens (including phenoxy) is 1. The minimum absolute atomic E-state index is 0.436. The summed E-state index contributed by atoms with van der Waals surface area (Å²) in [5.74, 6) is 1.27. The van der Waals surface area contributed by atoms with Crippen LogP contribution < -0.4 is 10.5 Å². The minimum Gasteiger partial charge on any atom is -0.489 e. The second kappa shape index (κ2) is 7.65. The van der Waals surface area contributed by atoms with Gasteiger partial charge in [-0.3, -0.25) is 4.98 Å². The lowest BCUT2D eigenvalue weighted by atomic mass is 10.2. The van der Waals surface area contributed by atoms with Crippen LogP contribution in [-0.4, -0.2) is 25.0 Å². The molecule has 3 aromatic heterocycles. The molecule has 2 N–H and O–H groups in total. The zero-order chi connectivity index (χ0) is 18.5. The number of pyridine rings is 2. The zero-order valence-electron chi connectivity index (χ0n) is 14.6. The van der Waals surface area contributed by atoms with Crippen molar-refractivity contribution in [1.29, 1.82) is 0 Å². The van der Waals surface area contributed by atoms with E-state index in [1.54, 1.807) is 10.9 Å². The first-order valence-electron chi connectivity index (χ1n) is 8.50. The number of aromatic nitrogens is 5. The molecule has 3 heterocycles. The number of benzene rings is 1. The first kappa shape index (κ1) is 16.7. The van der Waals surface area contributed by atoms with Crippen LogP contribution >= 0.6 is 0 Å². The van der Waals surface area contributed by atoms with Gasteiger partial charge in [0.05, 0.1) is 18.4 Å². The monoisotopic (exact) mass is 358 g/mol. The van der Waals surface area contributed by atoms with E-state index in [1.165, 1.54) is 0 Å². The molecule has 0 unspecified atom stereocenters. The number of anilines is 1. The van der Waals surface area contributed by atoms with Gasteiger partial charge >= 0.3 is 0 Å². The highest BCUT2D eigenvalue weighted by atomic mass is 16.5. The Morgan fingerprint density at radius 3 is 2.63 bits per heavy atom. The molecule has 0 aliphatic carbocycles. The lowest BCUT2D eigenvalue weighted by molar-refractivity contribution is 0.305. The second-order valence-electron chi connectivity index (χ2n) is 6.00. The van der Waals surface area contributed by atoms with Gasteiger partial charge in [-0.05, 0) is 30.3 Å². The van der Waals surface area contributed by atoms with Gasteiger partial charge in [-0.1, -0.05) is 29.5 Å². The minimum atomic E-state index is 0.436. The fraction of sp³-hybridized carbons (Fsp3) is 0.100. The van der Waals surface area contributed by atoms with Crippen LogP contribution in [0.25, 0.3) is 11.3 Å². The highest BCUT2D eigenvalue weighted by molar-refractivity contribution is 5.69. The molecule has 0 saturated heterocycles. The average molecular weight is 358 g/mol. The summed E-state index contributed by atoms with van der Waals surface area (Å²) in [6.07, 6.45) is 5.30. The third-order valence-electron chi connectivity index (χ3n) is 4.01. The maximum absolute atomic E-state index is 5.89. The van der Waals surface area contributed by atoms with Gasteiger partial charge in [-0.15, -0.1) is 5.10 Å². The second-order valence-corrected chi connectivity index (χ2v) is 6.00. The number of nitrogens with zero attached hydrogens (tertiary/aromatic N) is 5. The Hall–Kier alpha value is -3.74. The van der Waals surface area contributed by atoms with Crippen molar-refractivity contribution in [2.75, 3.05) is 5.73 Å². The molecule has 0 radical (unpaired) electrons. The van der Waals surface area contributed by atoms with Crippen LogP contribution in [-0.2, 0) is 13.2 Å². The number of nitrogen functional groups attached to an aromatic ring is 1. The Morgan fingerprint density at radius 1 is 0.963 bits per heavy atom. The van der Waals surface area contributed by atoms with Gasteiger partial charge in [0.2, 0.25) is 0 Å². The molecule has 27 heavy (non-hydrogen) atoms. The third-order valence-corrected chi connectivity index (χ3v) is 4.01. The summed E-state index contributed by atoms with van der Waals surface area (Å²) >= 11 is 0.